The average Bonchev–Trinajstić information content (AvgIpc) is 2.49. The summed E-state index contributed by atoms with van der Waals surface area (Å²) in [6, 6.07) is 12.5. The first-order valence-corrected chi connectivity index (χ1v) is 7.28. The van der Waals surface area contributed by atoms with Crippen LogP contribution in [-0.4, -0.2) is 15.9 Å². The number of nitrogens with one attached hydrogen (secondary N) is 2. The zero-order valence-electron chi connectivity index (χ0n) is 11.1. The van der Waals surface area contributed by atoms with Gasteiger partial charge >= 0.3 is 0 Å². The third kappa shape index (κ3) is 4.34. The summed E-state index contributed by atoms with van der Waals surface area (Å²) in [5.41, 5.74) is 0.940. The SMILES string of the molecule is O=C(NC(=S)Nc1ccc(Br)cc1)c1ccc([N+](=O)[O-])cc1. The van der Waals surface area contributed by atoms with Crippen molar-refractivity contribution in [3.8, 4) is 0 Å². The van der Waals surface area contributed by atoms with Gasteiger partial charge in [-0.05, 0) is 48.6 Å². The molecule has 2 rings (SSSR count). The van der Waals surface area contributed by atoms with E-state index in [0.29, 0.717) is 0 Å². The van der Waals surface area contributed by atoms with E-state index in [2.05, 4.69) is 26.6 Å². The lowest BCUT2D eigenvalue weighted by molar-refractivity contribution is -0.384. The van der Waals surface area contributed by atoms with Crippen LogP contribution in [0.5, 0.6) is 0 Å². The van der Waals surface area contributed by atoms with E-state index in [1.54, 1.807) is 12.1 Å². The van der Waals surface area contributed by atoms with E-state index in [0.717, 1.165) is 10.2 Å². The van der Waals surface area contributed by atoms with Crippen LogP contribution in [0.4, 0.5) is 11.4 Å². The number of rotatable bonds is 3. The molecule has 0 unspecified atom stereocenters. The third-order valence-electron chi connectivity index (χ3n) is 2.67. The van der Waals surface area contributed by atoms with Crippen LogP contribution in [-0.2, 0) is 0 Å². The Morgan fingerprint density at radius 1 is 1.09 bits per heavy atom. The van der Waals surface area contributed by atoms with E-state index in [4.69, 9.17) is 12.2 Å². The quantitative estimate of drug-likeness (QED) is 0.484. The van der Waals surface area contributed by atoms with Crippen molar-refractivity contribution in [2.45, 2.75) is 0 Å². The number of non-ortho nitro benzene ring substituents is 1. The van der Waals surface area contributed by atoms with Gasteiger partial charge in [-0.2, -0.15) is 0 Å². The summed E-state index contributed by atoms with van der Waals surface area (Å²) in [7, 11) is 0. The minimum atomic E-state index is -0.526. The van der Waals surface area contributed by atoms with Crippen LogP contribution in [0.3, 0.4) is 0 Å². The van der Waals surface area contributed by atoms with Crippen LogP contribution in [0.25, 0.3) is 0 Å². The van der Waals surface area contributed by atoms with Crippen LogP contribution in [0.15, 0.2) is 53.0 Å². The smallest absolute Gasteiger partial charge is 0.269 e. The van der Waals surface area contributed by atoms with E-state index in [-0.39, 0.29) is 16.4 Å². The fourth-order valence-electron chi connectivity index (χ4n) is 1.61. The predicted octanol–water partition coefficient (Wildman–Crippen LogP) is 3.48. The lowest BCUT2D eigenvalue weighted by atomic mass is 10.2. The normalized spacial score (nSPS) is 9.86. The van der Waals surface area contributed by atoms with Crippen LogP contribution in [0.2, 0.25) is 0 Å². The maximum Gasteiger partial charge on any atom is 0.269 e. The van der Waals surface area contributed by atoms with Crippen molar-refractivity contribution in [3.05, 3.63) is 68.7 Å². The zero-order chi connectivity index (χ0) is 16.1. The minimum Gasteiger partial charge on any atom is -0.332 e. The van der Waals surface area contributed by atoms with Gasteiger partial charge in [-0.25, -0.2) is 0 Å². The Kier molecular flexibility index (Phi) is 5.18. The number of amides is 1. The average molecular weight is 380 g/mol. The molecule has 0 fully saturated rings. The second-order valence-corrected chi connectivity index (χ2v) is 5.54. The third-order valence-corrected chi connectivity index (χ3v) is 3.40. The number of carbonyl (C=O) groups is 1. The van der Waals surface area contributed by atoms with Crippen LogP contribution in [0, 0.1) is 10.1 Å². The summed E-state index contributed by atoms with van der Waals surface area (Å²) >= 11 is 8.37. The summed E-state index contributed by atoms with van der Waals surface area (Å²) in [5, 5.41) is 16.1. The number of benzene rings is 2. The van der Waals surface area contributed by atoms with Crippen molar-refractivity contribution in [1.29, 1.82) is 0 Å². The minimum absolute atomic E-state index is 0.0767. The molecule has 22 heavy (non-hydrogen) atoms. The molecule has 0 atom stereocenters. The van der Waals surface area contributed by atoms with Gasteiger partial charge in [0.15, 0.2) is 5.11 Å². The molecule has 2 aromatic rings. The van der Waals surface area contributed by atoms with Crippen LogP contribution in [0.1, 0.15) is 10.4 Å². The van der Waals surface area contributed by atoms with Gasteiger partial charge in [0.05, 0.1) is 4.92 Å². The molecule has 8 heteroatoms. The van der Waals surface area contributed by atoms with E-state index in [1.165, 1.54) is 24.3 Å². The molecule has 0 aliphatic carbocycles. The number of hydrogen-bond donors (Lipinski definition) is 2. The van der Waals surface area contributed by atoms with Crippen molar-refractivity contribution in [2.75, 3.05) is 5.32 Å². The van der Waals surface area contributed by atoms with Gasteiger partial charge in [0.2, 0.25) is 0 Å². The lowest BCUT2D eigenvalue weighted by Crippen LogP contribution is -2.34. The van der Waals surface area contributed by atoms with Gasteiger partial charge in [0.25, 0.3) is 11.6 Å². The molecule has 0 heterocycles. The number of nitrogens with zero attached hydrogens (tertiary/aromatic N) is 1. The molecule has 0 saturated heterocycles. The van der Waals surface area contributed by atoms with Gasteiger partial charge < -0.3 is 5.32 Å². The summed E-state index contributed by atoms with van der Waals surface area (Å²) in [6.45, 7) is 0. The topological polar surface area (TPSA) is 84.3 Å². The fraction of sp³-hybridized carbons (Fsp3) is 0. The molecule has 0 aliphatic heterocycles. The van der Waals surface area contributed by atoms with Crippen molar-refractivity contribution in [2.24, 2.45) is 0 Å². The molecule has 0 radical (unpaired) electrons. The Bertz CT molecular complexity index is 717. The Morgan fingerprint density at radius 2 is 1.68 bits per heavy atom. The number of anilines is 1. The van der Waals surface area contributed by atoms with Crippen molar-refractivity contribution in [3.63, 3.8) is 0 Å². The second kappa shape index (κ2) is 7.10. The molecule has 2 N–H and O–H groups in total. The standard InChI is InChI=1S/C14H10BrN3O3S/c15-10-3-5-11(6-4-10)16-14(22)17-13(19)9-1-7-12(8-2-9)18(20)21/h1-8H,(H2,16,17,19,22). The zero-order valence-corrected chi connectivity index (χ0v) is 13.5. The second-order valence-electron chi connectivity index (χ2n) is 4.22. The monoisotopic (exact) mass is 379 g/mol. The van der Waals surface area contributed by atoms with Crippen molar-refractivity contribution < 1.29 is 9.72 Å². The van der Waals surface area contributed by atoms with Gasteiger partial charge in [0, 0.05) is 27.9 Å². The summed E-state index contributed by atoms with van der Waals surface area (Å²) < 4.78 is 0.930. The largest absolute Gasteiger partial charge is 0.332 e. The molecule has 0 bridgehead atoms. The highest BCUT2D eigenvalue weighted by Crippen LogP contribution is 2.14. The van der Waals surface area contributed by atoms with Gasteiger partial charge in [0.1, 0.15) is 0 Å². The lowest BCUT2D eigenvalue weighted by Gasteiger charge is -2.09. The molecule has 6 nitrogen and oxygen atoms in total. The number of thiocarbonyl (C=S) groups is 1. The summed E-state index contributed by atoms with van der Waals surface area (Å²) in [5.74, 6) is -0.440. The van der Waals surface area contributed by atoms with Gasteiger partial charge in [-0.1, -0.05) is 15.9 Å². The number of halogens is 1. The molecule has 0 saturated carbocycles. The predicted molar refractivity (Wildman–Crippen MR) is 90.9 cm³/mol. The Hall–Kier alpha value is -2.32. The number of nitro benzene ring substituents is 1. The van der Waals surface area contributed by atoms with Crippen LogP contribution < -0.4 is 10.6 Å². The highest BCUT2D eigenvalue weighted by molar-refractivity contribution is 9.10. The van der Waals surface area contributed by atoms with Gasteiger partial charge in [-0.15, -0.1) is 0 Å². The van der Waals surface area contributed by atoms with Crippen LogP contribution >= 0.6 is 28.1 Å². The first-order valence-electron chi connectivity index (χ1n) is 6.08. The maximum absolute atomic E-state index is 12.0. The number of nitro groups is 1. The molecule has 0 aromatic heterocycles. The number of hydrogen-bond acceptors (Lipinski definition) is 4. The molecule has 2 aromatic carbocycles. The Morgan fingerprint density at radius 3 is 2.23 bits per heavy atom. The maximum atomic E-state index is 12.0. The Labute approximate surface area is 139 Å². The van der Waals surface area contributed by atoms with E-state index < -0.39 is 10.8 Å². The van der Waals surface area contributed by atoms with E-state index in [9.17, 15) is 14.9 Å². The highest BCUT2D eigenvalue weighted by atomic mass is 79.9. The molecule has 1 amide bonds. The molecular weight excluding hydrogens is 370 g/mol. The highest BCUT2D eigenvalue weighted by Gasteiger charge is 2.10. The van der Waals surface area contributed by atoms with Crippen molar-refractivity contribution >= 4 is 50.5 Å². The van der Waals surface area contributed by atoms with E-state index in [1.807, 2.05) is 12.1 Å². The van der Waals surface area contributed by atoms with Gasteiger partial charge in [-0.3, -0.25) is 20.2 Å². The van der Waals surface area contributed by atoms with Crippen molar-refractivity contribution in [1.82, 2.24) is 5.32 Å². The van der Waals surface area contributed by atoms with E-state index >= 15 is 0 Å². The number of carbonyl (C=O) groups excluding carboxylic acids is 1. The molecule has 112 valence electrons. The fourth-order valence-corrected chi connectivity index (χ4v) is 2.08. The summed E-state index contributed by atoms with van der Waals surface area (Å²) in [6.07, 6.45) is 0. The summed E-state index contributed by atoms with van der Waals surface area (Å²) in [4.78, 5) is 22.0. The Balaban J connectivity index is 1.97. The first kappa shape index (κ1) is 16.1. The molecular formula is C14H10BrN3O3S. The first-order chi connectivity index (χ1) is 10.5. The molecule has 0 aliphatic rings. The molecule has 0 spiro atoms.